The Bertz CT molecular complexity index is 1210. The Hall–Kier alpha value is -3.12. The van der Waals surface area contributed by atoms with E-state index >= 15 is 0 Å². The van der Waals surface area contributed by atoms with E-state index in [9.17, 15) is 4.79 Å². The van der Waals surface area contributed by atoms with Crippen molar-refractivity contribution in [2.45, 2.75) is 25.8 Å². The molecular formula is C21H17ClN4O2. The van der Waals surface area contributed by atoms with E-state index in [1.165, 1.54) is 15.8 Å². The highest BCUT2D eigenvalue weighted by atomic mass is 35.5. The molecule has 28 heavy (non-hydrogen) atoms. The van der Waals surface area contributed by atoms with Crippen LogP contribution in [0.4, 0.5) is 0 Å². The number of aromatic nitrogens is 4. The largest absolute Gasteiger partial charge is 0.442 e. The second-order valence-electron chi connectivity index (χ2n) is 6.81. The molecule has 0 fully saturated rings. The molecule has 6 nitrogen and oxygen atoms in total. The standard InChI is InChI=1S/C21H17ClN4O2/c22-17-11-5-4-9-15(17)20-24-28-21(27)25(20)13-18-16-10-6-12-19(16)26(23-18)14-7-2-1-3-8-14/h1-5,7-9,11H,6,10,12-13H2. The molecule has 2 aromatic heterocycles. The highest BCUT2D eigenvalue weighted by Gasteiger charge is 2.25. The summed E-state index contributed by atoms with van der Waals surface area (Å²) in [6, 6.07) is 17.3. The smallest absolute Gasteiger partial charge is 0.295 e. The molecule has 7 heteroatoms. The van der Waals surface area contributed by atoms with Crippen LogP contribution in [0.1, 0.15) is 23.4 Å². The summed E-state index contributed by atoms with van der Waals surface area (Å²) >= 11 is 6.30. The molecule has 0 radical (unpaired) electrons. The van der Waals surface area contributed by atoms with Crippen molar-refractivity contribution in [2.24, 2.45) is 0 Å². The molecule has 0 amide bonds. The molecule has 2 aromatic carbocycles. The molecule has 0 saturated carbocycles. The van der Waals surface area contributed by atoms with Crippen molar-refractivity contribution in [3.8, 4) is 17.1 Å². The maximum atomic E-state index is 12.4. The minimum absolute atomic E-state index is 0.297. The minimum Gasteiger partial charge on any atom is -0.295 e. The first-order valence-corrected chi connectivity index (χ1v) is 9.56. The van der Waals surface area contributed by atoms with E-state index in [0.29, 0.717) is 23.0 Å². The van der Waals surface area contributed by atoms with Gasteiger partial charge in [-0.25, -0.2) is 9.48 Å². The highest BCUT2D eigenvalue weighted by molar-refractivity contribution is 6.33. The molecule has 2 heterocycles. The summed E-state index contributed by atoms with van der Waals surface area (Å²) in [6.45, 7) is 0.297. The summed E-state index contributed by atoms with van der Waals surface area (Å²) in [5.41, 5.74) is 4.98. The third kappa shape index (κ3) is 2.77. The van der Waals surface area contributed by atoms with Crippen LogP contribution in [0.3, 0.4) is 0 Å². The molecule has 1 aliphatic rings. The van der Waals surface area contributed by atoms with Gasteiger partial charge in [-0.3, -0.25) is 9.09 Å². The molecule has 0 saturated heterocycles. The van der Waals surface area contributed by atoms with E-state index in [2.05, 4.69) is 5.16 Å². The van der Waals surface area contributed by atoms with E-state index in [4.69, 9.17) is 21.2 Å². The zero-order chi connectivity index (χ0) is 19.1. The van der Waals surface area contributed by atoms with Gasteiger partial charge in [-0.1, -0.05) is 47.1 Å². The van der Waals surface area contributed by atoms with Gasteiger partial charge in [0.1, 0.15) is 0 Å². The van der Waals surface area contributed by atoms with Crippen molar-refractivity contribution < 1.29 is 4.52 Å². The number of hydrogen-bond donors (Lipinski definition) is 0. The van der Waals surface area contributed by atoms with Crippen molar-refractivity contribution in [1.82, 2.24) is 19.5 Å². The Morgan fingerprint density at radius 1 is 1.04 bits per heavy atom. The Labute approximate surface area is 166 Å². The lowest BCUT2D eigenvalue weighted by atomic mass is 10.2. The summed E-state index contributed by atoms with van der Waals surface area (Å²) in [5, 5.41) is 9.31. The summed E-state index contributed by atoms with van der Waals surface area (Å²) in [4.78, 5) is 12.4. The number of para-hydroxylation sites is 1. The summed E-state index contributed by atoms with van der Waals surface area (Å²) in [6.07, 6.45) is 3.02. The maximum Gasteiger partial charge on any atom is 0.442 e. The number of rotatable bonds is 4. The van der Waals surface area contributed by atoms with Gasteiger partial charge in [-0.2, -0.15) is 5.10 Å². The normalized spacial score (nSPS) is 13.0. The van der Waals surface area contributed by atoms with Gasteiger partial charge in [-0.05, 0) is 49.1 Å². The van der Waals surface area contributed by atoms with Crippen molar-refractivity contribution in [3.63, 3.8) is 0 Å². The highest BCUT2D eigenvalue weighted by Crippen LogP contribution is 2.30. The summed E-state index contributed by atoms with van der Waals surface area (Å²) < 4.78 is 8.44. The van der Waals surface area contributed by atoms with Gasteiger partial charge < -0.3 is 0 Å². The quantitative estimate of drug-likeness (QED) is 0.528. The van der Waals surface area contributed by atoms with E-state index in [1.807, 2.05) is 53.2 Å². The molecule has 0 bridgehead atoms. The average molecular weight is 393 g/mol. The first kappa shape index (κ1) is 17.0. The van der Waals surface area contributed by atoms with Crippen LogP contribution >= 0.6 is 11.6 Å². The number of nitrogens with zero attached hydrogens (tertiary/aromatic N) is 4. The number of fused-ring (bicyclic) bond motifs is 1. The van der Waals surface area contributed by atoms with Crippen LogP contribution in [0, 0.1) is 0 Å². The third-order valence-electron chi connectivity index (χ3n) is 5.12. The fraction of sp³-hybridized carbons (Fsp3) is 0.190. The molecule has 5 rings (SSSR count). The first-order valence-electron chi connectivity index (χ1n) is 9.19. The van der Waals surface area contributed by atoms with Crippen LogP contribution in [-0.4, -0.2) is 19.5 Å². The van der Waals surface area contributed by atoms with Gasteiger partial charge in [0.15, 0.2) is 5.82 Å². The lowest BCUT2D eigenvalue weighted by Gasteiger charge is -2.06. The van der Waals surface area contributed by atoms with Gasteiger partial charge in [0.05, 0.1) is 22.9 Å². The van der Waals surface area contributed by atoms with Crippen LogP contribution in [-0.2, 0) is 19.4 Å². The van der Waals surface area contributed by atoms with Crippen LogP contribution in [0.2, 0.25) is 5.02 Å². The second-order valence-corrected chi connectivity index (χ2v) is 7.22. The Morgan fingerprint density at radius 2 is 1.82 bits per heavy atom. The zero-order valence-corrected chi connectivity index (χ0v) is 15.8. The third-order valence-corrected chi connectivity index (χ3v) is 5.45. The fourth-order valence-corrected chi connectivity index (χ4v) is 4.04. The van der Waals surface area contributed by atoms with E-state index in [-0.39, 0.29) is 0 Å². The summed E-state index contributed by atoms with van der Waals surface area (Å²) in [5.74, 6) is -0.104. The Balaban J connectivity index is 1.60. The fourth-order valence-electron chi connectivity index (χ4n) is 3.82. The predicted molar refractivity (Wildman–Crippen MR) is 106 cm³/mol. The van der Waals surface area contributed by atoms with Crippen molar-refractivity contribution in [3.05, 3.63) is 87.1 Å². The van der Waals surface area contributed by atoms with Crippen LogP contribution < -0.4 is 5.76 Å². The van der Waals surface area contributed by atoms with E-state index < -0.39 is 5.76 Å². The molecule has 0 aliphatic heterocycles. The van der Waals surface area contributed by atoms with Crippen LogP contribution in [0.25, 0.3) is 17.1 Å². The Morgan fingerprint density at radius 3 is 2.64 bits per heavy atom. The lowest BCUT2D eigenvalue weighted by Crippen LogP contribution is -2.17. The maximum absolute atomic E-state index is 12.4. The molecule has 0 unspecified atom stereocenters. The number of halogens is 1. The Kier molecular flexibility index (Phi) is 4.13. The van der Waals surface area contributed by atoms with Crippen molar-refractivity contribution in [2.75, 3.05) is 0 Å². The second kappa shape index (κ2) is 6.80. The van der Waals surface area contributed by atoms with Gasteiger partial charge in [-0.15, -0.1) is 0 Å². The van der Waals surface area contributed by atoms with Gasteiger partial charge in [0.2, 0.25) is 0 Å². The van der Waals surface area contributed by atoms with Gasteiger partial charge in [0, 0.05) is 11.3 Å². The molecule has 0 N–H and O–H groups in total. The molecule has 1 aliphatic carbocycles. The van der Waals surface area contributed by atoms with Crippen LogP contribution in [0.15, 0.2) is 63.9 Å². The average Bonchev–Trinajstić information content (AvgIpc) is 3.41. The number of benzene rings is 2. The SMILES string of the molecule is O=c1onc(-c2ccccc2Cl)n1Cc1nn(-c2ccccc2)c2c1CCC2. The van der Waals surface area contributed by atoms with Gasteiger partial charge in [0.25, 0.3) is 0 Å². The molecule has 4 aromatic rings. The summed E-state index contributed by atoms with van der Waals surface area (Å²) in [7, 11) is 0. The topological polar surface area (TPSA) is 65.8 Å². The molecular weight excluding hydrogens is 376 g/mol. The van der Waals surface area contributed by atoms with Crippen molar-refractivity contribution >= 4 is 11.6 Å². The van der Waals surface area contributed by atoms with E-state index in [1.54, 1.807) is 6.07 Å². The predicted octanol–water partition coefficient (Wildman–Crippen LogP) is 3.88. The van der Waals surface area contributed by atoms with E-state index in [0.717, 1.165) is 30.6 Å². The monoisotopic (exact) mass is 392 g/mol. The van der Waals surface area contributed by atoms with Crippen LogP contribution in [0.5, 0.6) is 0 Å². The molecule has 0 atom stereocenters. The molecule has 0 spiro atoms. The number of hydrogen-bond acceptors (Lipinski definition) is 4. The lowest BCUT2D eigenvalue weighted by molar-refractivity contribution is 0.378. The zero-order valence-electron chi connectivity index (χ0n) is 15.0. The minimum atomic E-state index is -0.518. The molecule has 140 valence electrons. The first-order chi connectivity index (χ1) is 13.7. The van der Waals surface area contributed by atoms with Gasteiger partial charge >= 0.3 is 5.76 Å². The van der Waals surface area contributed by atoms with Crippen molar-refractivity contribution in [1.29, 1.82) is 0 Å².